The Bertz CT molecular complexity index is 608. The molecule has 1 aromatic rings. The molecule has 0 saturated carbocycles. The fourth-order valence-electron chi connectivity index (χ4n) is 1.42. The molecule has 1 aliphatic rings. The van der Waals surface area contributed by atoms with Gasteiger partial charge in [0.15, 0.2) is 0 Å². The molecule has 1 aliphatic heterocycles. The van der Waals surface area contributed by atoms with Crippen LogP contribution in [0.5, 0.6) is 0 Å². The molecule has 1 aromatic carbocycles. The van der Waals surface area contributed by atoms with E-state index >= 15 is 0 Å². The summed E-state index contributed by atoms with van der Waals surface area (Å²) in [6.07, 6.45) is -0.0195. The van der Waals surface area contributed by atoms with Crippen molar-refractivity contribution in [2.45, 2.75) is 11.3 Å². The highest BCUT2D eigenvalue weighted by Crippen LogP contribution is 2.22. The van der Waals surface area contributed by atoms with Crippen LogP contribution in [0.1, 0.15) is 6.42 Å². The van der Waals surface area contributed by atoms with Crippen molar-refractivity contribution in [3.8, 4) is 0 Å². The smallest absolute Gasteiger partial charge is 0.255 e. The number of amides is 1. The number of hydrazone groups is 1. The number of hydrogen-bond acceptors (Lipinski definition) is 6. The lowest BCUT2D eigenvalue weighted by Gasteiger charge is -2.13. The summed E-state index contributed by atoms with van der Waals surface area (Å²) in [5.74, 6) is -0.228. The molecule has 2 N–H and O–H groups in total. The van der Waals surface area contributed by atoms with Gasteiger partial charge in [0.2, 0.25) is 0 Å². The third-order valence-corrected chi connectivity index (χ3v) is 2.98. The second-order valence-corrected chi connectivity index (χ2v) is 4.80. The summed E-state index contributed by atoms with van der Waals surface area (Å²) in [6.45, 7) is 0. The Morgan fingerprint density at radius 2 is 2.12 bits per heavy atom. The number of amidine groups is 1. The monoisotopic (exact) mass is 254 g/mol. The largest absolute Gasteiger partial charge is 0.744 e. The van der Waals surface area contributed by atoms with Crippen LogP contribution < -0.4 is 10.7 Å². The highest BCUT2D eigenvalue weighted by molar-refractivity contribution is 7.85. The maximum Gasteiger partial charge on any atom is 0.255 e. The zero-order valence-corrected chi connectivity index (χ0v) is 9.35. The topological polar surface area (TPSA) is 116 Å². The van der Waals surface area contributed by atoms with Crippen LogP contribution in [0.3, 0.4) is 0 Å². The molecule has 1 heterocycles. The van der Waals surface area contributed by atoms with Crippen LogP contribution in [0.25, 0.3) is 0 Å². The van der Waals surface area contributed by atoms with Gasteiger partial charge in [-0.05, 0) is 18.2 Å². The average Bonchev–Trinajstić information content (AvgIpc) is 2.57. The molecule has 0 spiro atoms. The van der Waals surface area contributed by atoms with Crippen LogP contribution in [-0.2, 0) is 14.9 Å². The molecule has 8 heteroatoms. The molecule has 17 heavy (non-hydrogen) atoms. The molecule has 0 fully saturated rings. The summed E-state index contributed by atoms with van der Waals surface area (Å²) >= 11 is 0. The van der Waals surface area contributed by atoms with E-state index < -0.39 is 15.0 Å². The van der Waals surface area contributed by atoms with Crippen molar-refractivity contribution in [3.05, 3.63) is 24.3 Å². The van der Waals surface area contributed by atoms with E-state index in [0.29, 0.717) is 0 Å². The van der Waals surface area contributed by atoms with Gasteiger partial charge in [0.25, 0.3) is 5.91 Å². The molecule has 0 saturated heterocycles. The summed E-state index contributed by atoms with van der Waals surface area (Å²) in [6, 6.07) is 5.06. The zero-order chi connectivity index (χ0) is 12.6. The maximum atomic E-state index is 11.4. The Balaban J connectivity index is 2.45. The van der Waals surface area contributed by atoms with Crippen molar-refractivity contribution in [3.63, 3.8) is 0 Å². The van der Waals surface area contributed by atoms with E-state index in [2.05, 4.69) is 5.10 Å². The normalized spacial score (nSPS) is 16.2. The molecule has 1 amide bonds. The minimum absolute atomic E-state index is 0.0195. The fourth-order valence-corrected chi connectivity index (χ4v) is 1.93. The number of anilines is 1. The second kappa shape index (κ2) is 3.82. The summed E-state index contributed by atoms with van der Waals surface area (Å²) in [4.78, 5) is 11.0. The highest BCUT2D eigenvalue weighted by Gasteiger charge is 2.23. The molecular formula is C9H8N3O4S-. The summed E-state index contributed by atoms with van der Waals surface area (Å²) in [7, 11) is -4.55. The molecule has 0 radical (unpaired) electrons. The minimum atomic E-state index is -4.55. The van der Waals surface area contributed by atoms with Crippen LogP contribution in [0.4, 0.5) is 5.69 Å². The highest BCUT2D eigenvalue weighted by atomic mass is 32.2. The summed E-state index contributed by atoms with van der Waals surface area (Å²) < 4.78 is 32.5. The number of benzene rings is 1. The number of rotatable bonds is 2. The van der Waals surface area contributed by atoms with Gasteiger partial charge < -0.3 is 10.3 Å². The molecule has 0 bridgehead atoms. The molecule has 0 aliphatic carbocycles. The van der Waals surface area contributed by atoms with E-state index in [0.717, 1.165) is 17.1 Å². The fraction of sp³-hybridized carbons (Fsp3) is 0.111. The van der Waals surface area contributed by atoms with E-state index in [1.807, 2.05) is 0 Å². The van der Waals surface area contributed by atoms with Gasteiger partial charge in [-0.2, -0.15) is 10.1 Å². The van der Waals surface area contributed by atoms with E-state index in [-0.39, 0.29) is 23.9 Å². The minimum Gasteiger partial charge on any atom is -0.744 e. The summed E-state index contributed by atoms with van der Waals surface area (Å²) in [5.41, 5.74) is 5.59. The Hall–Kier alpha value is -1.93. The third-order valence-electron chi connectivity index (χ3n) is 2.15. The molecule has 2 rings (SSSR count). The van der Waals surface area contributed by atoms with Gasteiger partial charge in [0, 0.05) is 0 Å². The van der Waals surface area contributed by atoms with Crippen molar-refractivity contribution in [2.24, 2.45) is 10.8 Å². The van der Waals surface area contributed by atoms with Crippen molar-refractivity contribution in [2.75, 3.05) is 5.01 Å². The van der Waals surface area contributed by atoms with Crippen molar-refractivity contribution < 1.29 is 17.8 Å². The first-order chi connectivity index (χ1) is 7.88. The van der Waals surface area contributed by atoms with Crippen molar-refractivity contribution in [1.82, 2.24) is 0 Å². The molecule has 7 nitrogen and oxygen atoms in total. The van der Waals surface area contributed by atoms with Crippen LogP contribution in [-0.4, -0.2) is 24.7 Å². The van der Waals surface area contributed by atoms with Gasteiger partial charge in [0.1, 0.15) is 16.0 Å². The Morgan fingerprint density at radius 3 is 2.65 bits per heavy atom. The third kappa shape index (κ3) is 2.27. The Labute approximate surface area is 97.3 Å². The van der Waals surface area contributed by atoms with E-state index in [4.69, 9.17) is 5.73 Å². The second-order valence-electron chi connectivity index (χ2n) is 3.43. The van der Waals surface area contributed by atoms with E-state index in [1.54, 1.807) is 0 Å². The number of carbonyl (C=O) groups is 1. The first kappa shape index (κ1) is 11.6. The number of hydrogen-bond donors (Lipinski definition) is 1. The lowest BCUT2D eigenvalue weighted by molar-refractivity contribution is -0.116. The van der Waals surface area contributed by atoms with Gasteiger partial charge in [-0.15, -0.1) is 0 Å². The number of carbonyl (C=O) groups excluding carboxylic acids is 1. The van der Waals surface area contributed by atoms with Crippen LogP contribution in [0.2, 0.25) is 0 Å². The maximum absolute atomic E-state index is 11.4. The van der Waals surface area contributed by atoms with Crippen molar-refractivity contribution >= 4 is 27.5 Å². The number of nitrogens with zero attached hydrogens (tertiary/aromatic N) is 2. The SMILES string of the molecule is NC1=NN(c2cccc(S(=O)(=O)[O-])c2)C(=O)C1. The first-order valence-corrected chi connectivity index (χ1v) is 6.00. The van der Waals surface area contributed by atoms with Crippen LogP contribution in [0.15, 0.2) is 34.3 Å². The first-order valence-electron chi connectivity index (χ1n) is 4.60. The molecule has 90 valence electrons. The predicted octanol–water partition coefficient (Wildman–Crippen LogP) is -0.400. The van der Waals surface area contributed by atoms with E-state index in [9.17, 15) is 17.8 Å². The summed E-state index contributed by atoms with van der Waals surface area (Å²) in [5, 5.41) is 4.72. The molecule has 0 atom stereocenters. The predicted molar refractivity (Wildman–Crippen MR) is 58.1 cm³/mol. The Morgan fingerprint density at radius 1 is 1.41 bits per heavy atom. The number of nitrogens with two attached hydrogens (primary N) is 1. The van der Waals surface area contributed by atoms with Gasteiger partial charge in [-0.25, -0.2) is 8.42 Å². The van der Waals surface area contributed by atoms with E-state index in [1.165, 1.54) is 12.1 Å². The Kier molecular flexibility index (Phi) is 2.60. The molecule has 0 unspecified atom stereocenters. The molecular weight excluding hydrogens is 246 g/mol. The lowest BCUT2D eigenvalue weighted by Crippen LogP contribution is -2.19. The van der Waals surface area contributed by atoms with Crippen LogP contribution >= 0.6 is 0 Å². The standard InChI is InChI=1S/C9H9N3O4S/c10-8-5-9(13)12(11-8)6-2-1-3-7(4-6)17(14,15)16/h1-4H,5H2,(H2,10,11)(H,14,15,16)/p-1. The lowest BCUT2D eigenvalue weighted by atomic mass is 10.3. The van der Waals surface area contributed by atoms with Gasteiger partial charge in [0.05, 0.1) is 17.0 Å². The molecule has 0 aromatic heterocycles. The van der Waals surface area contributed by atoms with Crippen molar-refractivity contribution in [1.29, 1.82) is 0 Å². The van der Waals surface area contributed by atoms with Gasteiger partial charge in [-0.1, -0.05) is 6.07 Å². The zero-order valence-electron chi connectivity index (χ0n) is 8.53. The van der Waals surface area contributed by atoms with Gasteiger partial charge in [-0.3, -0.25) is 4.79 Å². The quantitative estimate of drug-likeness (QED) is 0.721. The average molecular weight is 254 g/mol. The van der Waals surface area contributed by atoms with Crippen LogP contribution in [0, 0.1) is 0 Å². The van der Waals surface area contributed by atoms with Gasteiger partial charge >= 0.3 is 0 Å².